The molecule has 0 spiro atoms. The predicted octanol–water partition coefficient (Wildman–Crippen LogP) is 5.90. The van der Waals surface area contributed by atoms with Crippen molar-refractivity contribution >= 4 is 5.97 Å². The van der Waals surface area contributed by atoms with Gasteiger partial charge in [-0.1, -0.05) is 24.3 Å². The summed E-state index contributed by atoms with van der Waals surface area (Å²) in [5.74, 6) is 0.0426. The summed E-state index contributed by atoms with van der Waals surface area (Å²) in [5.41, 5.74) is 5.25. The molecule has 0 saturated heterocycles. The minimum Gasteiger partial charge on any atom is -0.494 e. The van der Waals surface area contributed by atoms with E-state index in [4.69, 9.17) is 14.8 Å². The van der Waals surface area contributed by atoms with Gasteiger partial charge in [0.2, 0.25) is 0 Å². The van der Waals surface area contributed by atoms with E-state index in [2.05, 4.69) is 9.97 Å². The number of aliphatic carboxylic acids is 1. The van der Waals surface area contributed by atoms with Crippen molar-refractivity contribution in [2.24, 2.45) is 0 Å². The number of carboxylic acids is 1. The highest BCUT2D eigenvalue weighted by Gasteiger charge is 2.10. The monoisotopic (exact) mass is 439 g/mol. The van der Waals surface area contributed by atoms with Gasteiger partial charge in [-0.25, -0.2) is 4.98 Å². The van der Waals surface area contributed by atoms with E-state index >= 15 is 0 Å². The summed E-state index contributed by atoms with van der Waals surface area (Å²) >= 11 is 0. The van der Waals surface area contributed by atoms with Gasteiger partial charge < -0.3 is 9.84 Å². The van der Waals surface area contributed by atoms with E-state index in [-0.39, 0.29) is 6.42 Å². The smallest absolute Gasteiger partial charge is 0.303 e. The van der Waals surface area contributed by atoms with Crippen molar-refractivity contribution in [3.63, 3.8) is 0 Å². The average Bonchev–Trinajstić information content (AvgIpc) is 2.87. The van der Waals surface area contributed by atoms with Crippen LogP contribution in [0.4, 0.5) is 0 Å². The number of pyridine rings is 3. The summed E-state index contributed by atoms with van der Waals surface area (Å²) < 4.78 is 5.81. The van der Waals surface area contributed by atoms with Crippen LogP contribution in [-0.4, -0.2) is 32.6 Å². The second-order valence-corrected chi connectivity index (χ2v) is 7.63. The largest absolute Gasteiger partial charge is 0.494 e. The summed E-state index contributed by atoms with van der Waals surface area (Å²) in [5, 5.41) is 8.69. The molecule has 0 atom stereocenters. The van der Waals surface area contributed by atoms with Crippen molar-refractivity contribution in [1.29, 1.82) is 0 Å². The Kier molecular flexibility index (Phi) is 7.38. The summed E-state index contributed by atoms with van der Waals surface area (Å²) in [6.07, 6.45) is 6.09. The van der Waals surface area contributed by atoms with Gasteiger partial charge in [0, 0.05) is 18.8 Å². The zero-order chi connectivity index (χ0) is 22.9. The first-order valence-corrected chi connectivity index (χ1v) is 11.0. The highest BCUT2D eigenvalue weighted by molar-refractivity contribution is 5.74. The number of carboxylic acid groups (broad SMARTS) is 1. The van der Waals surface area contributed by atoms with Gasteiger partial charge in [-0.05, 0) is 78.9 Å². The van der Waals surface area contributed by atoms with Gasteiger partial charge >= 0.3 is 5.97 Å². The van der Waals surface area contributed by atoms with Gasteiger partial charge in [0.1, 0.15) is 5.75 Å². The van der Waals surface area contributed by atoms with Crippen molar-refractivity contribution in [2.45, 2.75) is 25.7 Å². The lowest BCUT2D eigenvalue weighted by Crippen LogP contribution is -1.99. The Balaban J connectivity index is 1.52. The molecule has 0 aliphatic heterocycles. The number of hydrogen-bond donors (Lipinski definition) is 1. The summed E-state index contributed by atoms with van der Waals surface area (Å²) in [4.78, 5) is 24.3. The SMILES string of the molecule is O=C(O)CCCCCOc1ccc(-c2cc(-c3ccccn3)nc(-c3ccccn3)c2)cc1. The summed E-state index contributed by atoms with van der Waals surface area (Å²) in [6.45, 7) is 0.571. The molecular formula is C27H25N3O3. The molecule has 0 amide bonds. The zero-order valence-electron chi connectivity index (χ0n) is 18.2. The topological polar surface area (TPSA) is 85.2 Å². The lowest BCUT2D eigenvalue weighted by Gasteiger charge is -2.10. The first-order chi connectivity index (χ1) is 16.2. The molecule has 0 radical (unpaired) electrons. The molecule has 6 nitrogen and oxygen atoms in total. The third kappa shape index (κ3) is 6.23. The minimum atomic E-state index is -0.750. The molecule has 0 aliphatic carbocycles. The molecular weight excluding hydrogens is 414 g/mol. The molecule has 1 aromatic carbocycles. The minimum absolute atomic E-state index is 0.210. The fraction of sp³-hybridized carbons (Fsp3) is 0.185. The average molecular weight is 440 g/mol. The van der Waals surface area contributed by atoms with Crippen LogP contribution >= 0.6 is 0 Å². The van der Waals surface area contributed by atoms with E-state index in [1.54, 1.807) is 12.4 Å². The quantitative estimate of drug-likeness (QED) is 0.310. The molecule has 3 aromatic heterocycles. The molecule has 0 aliphatic rings. The van der Waals surface area contributed by atoms with Crippen LogP contribution in [0.3, 0.4) is 0 Å². The number of carbonyl (C=O) groups is 1. The lowest BCUT2D eigenvalue weighted by molar-refractivity contribution is -0.137. The van der Waals surface area contributed by atoms with Gasteiger partial charge in [0.15, 0.2) is 0 Å². The molecule has 6 heteroatoms. The maximum atomic E-state index is 10.6. The Labute approximate surface area is 193 Å². The number of aromatic nitrogens is 3. The Hall–Kier alpha value is -4.06. The highest BCUT2D eigenvalue weighted by atomic mass is 16.5. The Morgan fingerprint density at radius 1 is 0.727 bits per heavy atom. The standard InChI is InChI=1S/C27H25N3O3/c31-27(32)10-2-1-7-17-33-22-13-11-20(12-14-22)21-18-25(23-8-3-5-15-28-23)30-26(19-21)24-9-4-6-16-29-24/h3-6,8-9,11-16,18-19H,1-2,7,10,17H2,(H,31,32). The van der Waals surface area contributed by atoms with Gasteiger partial charge in [0.05, 0.1) is 29.4 Å². The molecule has 3 heterocycles. The molecule has 4 aromatic rings. The first-order valence-electron chi connectivity index (χ1n) is 11.0. The van der Waals surface area contributed by atoms with Crippen LogP contribution in [-0.2, 0) is 4.79 Å². The van der Waals surface area contributed by atoms with Crippen LogP contribution in [0.25, 0.3) is 33.9 Å². The predicted molar refractivity (Wildman–Crippen MR) is 128 cm³/mol. The van der Waals surface area contributed by atoms with E-state index in [1.165, 1.54) is 0 Å². The van der Waals surface area contributed by atoms with Crippen molar-refractivity contribution < 1.29 is 14.6 Å². The van der Waals surface area contributed by atoms with Crippen LogP contribution in [0.2, 0.25) is 0 Å². The molecule has 0 fully saturated rings. The van der Waals surface area contributed by atoms with E-state index in [0.29, 0.717) is 13.0 Å². The van der Waals surface area contributed by atoms with Crippen LogP contribution < -0.4 is 4.74 Å². The van der Waals surface area contributed by atoms with Crippen LogP contribution in [0, 0.1) is 0 Å². The summed E-state index contributed by atoms with van der Waals surface area (Å²) in [6, 6.07) is 23.6. The molecule has 0 bridgehead atoms. The van der Waals surface area contributed by atoms with Crippen LogP contribution in [0.5, 0.6) is 5.75 Å². The molecule has 166 valence electrons. The van der Waals surface area contributed by atoms with Crippen molar-refractivity contribution in [2.75, 3.05) is 6.61 Å². The first kappa shape index (κ1) is 22.1. The van der Waals surface area contributed by atoms with Gasteiger partial charge in [-0.2, -0.15) is 0 Å². The fourth-order valence-corrected chi connectivity index (χ4v) is 3.48. The third-order valence-corrected chi connectivity index (χ3v) is 5.17. The van der Waals surface area contributed by atoms with Crippen LogP contribution in [0.15, 0.2) is 85.2 Å². The summed E-state index contributed by atoms with van der Waals surface area (Å²) in [7, 11) is 0. The van der Waals surface area contributed by atoms with Gasteiger partial charge in [-0.3, -0.25) is 14.8 Å². The number of rotatable bonds is 10. The van der Waals surface area contributed by atoms with Gasteiger partial charge in [-0.15, -0.1) is 0 Å². The second kappa shape index (κ2) is 11.0. The second-order valence-electron chi connectivity index (χ2n) is 7.63. The molecule has 0 saturated carbocycles. The highest BCUT2D eigenvalue weighted by Crippen LogP contribution is 2.29. The van der Waals surface area contributed by atoms with E-state index in [1.807, 2.05) is 72.8 Å². The Bertz CT molecular complexity index is 1120. The van der Waals surface area contributed by atoms with E-state index < -0.39 is 5.97 Å². The zero-order valence-corrected chi connectivity index (χ0v) is 18.2. The van der Waals surface area contributed by atoms with Crippen molar-refractivity contribution in [1.82, 2.24) is 15.0 Å². The molecule has 0 unspecified atom stereocenters. The molecule has 33 heavy (non-hydrogen) atoms. The van der Waals surface area contributed by atoms with Crippen molar-refractivity contribution in [3.8, 4) is 39.7 Å². The number of benzene rings is 1. The maximum absolute atomic E-state index is 10.6. The van der Waals surface area contributed by atoms with Crippen molar-refractivity contribution in [3.05, 3.63) is 85.2 Å². The normalized spacial score (nSPS) is 10.7. The molecule has 1 N–H and O–H groups in total. The Morgan fingerprint density at radius 3 is 1.91 bits per heavy atom. The number of ether oxygens (including phenoxy) is 1. The molecule has 4 rings (SSSR count). The number of unbranched alkanes of at least 4 members (excludes halogenated alkanes) is 2. The van der Waals surface area contributed by atoms with Crippen LogP contribution in [0.1, 0.15) is 25.7 Å². The lowest BCUT2D eigenvalue weighted by atomic mass is 10.0. The maximum Gasteiger partial charge on any atom is 0.303 e. The van der Waals surface area contributed by atoms with Gasteiger partial charge in [0.25, 0.3) is 0 Å². The third-order valence-electron chi connectivity index (χ3n) is 5.17. The van der Waals surface area contributed by atoms with E-state index in [0.717, 1.165) is 52.5 Å². The number of nitrogens with zero attached hydrogens (tertiary/aromatic N) is 3. The fourth-order valence-electron chi connectivity index (χ4n) is 3.48. The van der Waals surface area contributed by atoms with E-state index in [9.17, 15) is 4.79 Å². The number of hydrogen-bond acceptors (Lipinski definition) is 5. The Morgan fingerprint density at radius 2 is 1.36 bits per heavy atom.